The molecule has 6 nitrogen and oxygen atoms in total. The van der Waals surface area contributed by atoms with Gasteiger partial charge in [-0.3, -0.25) is 9.59 Å². The summed E-state index contributed by atoms with van der Waals surface area (Å²) in [6.07, 6.45) is 0. The third kappa shape index (κ3) is 3.87. The van der Waals surface area contributed by atoms with Gasteiger partial charge >= 0.3 is 0 Å². The van der Waals surface area contributed by atoms with Gasteiger partial charge in [0.1, 0.15) is 11.7 Å². The zero-order chi connectivity index (χ0) is 19.5. The van der Waals surface area contributed by atoms with Crippen molar-refractivity contribution in [2.24, 2.45) is 11.3 Å². The molecule has 0 saturated carbocycles. The van der Waals surface area contributed by atoms with Crippen molar-refractivity contribution in [2.75, 3.05) is 11.1 Å². The van der Waals surface area contributed by atoms with Crippen molar-refractivity contribution in [3.63, 3.8) is 0 Å². The first-order chi connectivity index (χ1) is 12.2. The Kier molecular flexibility index (Phi) is 5.69. The first-order valence-electron chi connectivity index (χ1n) is 7.74. The predicted octanol–water partition coefficient (Wildman–Crippen LogP) is 2.84. The number of carbonyl (C=O) groups excluding carboxylic acids is 2. The lowest BCUT2D eigenvalue weighted by molar-refractivity contribution is -0.125. The molecule has 1 atom stereocenters. The Morgan fingerprint density at radius 1 is 1.42 bits per heavy atom. The molecule has 1 aliphatic heterocycles. The highest BCUT2D eigenvalue weighted by Crippen LogP contribution is 2.41. The van der Waals surface area contributed by atoms with Gasteiger partial charge in [0.2, 0.25) is 11.8 Å². The van der Waals surface area contributed by atoms with Crippen LogP contribution in [0.5, 0.6) is 0 Å². The summed E-state index contributed by atoms with van der Waals surface area (Å²) >= 11 is 0.966. The lowest BCUT2D eigenvalue weighted by atomic mass is 9.72. The maximum atomic E-state index is 13.8. The Morgan fingerprint density at radius 2 is 2.12 bits per heavy atom. The first-order valence-corrected chi connectivity index (χ1v) is 8.73. The van der Waals surface area contributed by atoms with E-state index in [4.69, 9.17) is 0 Å². The summed E-state index contributed by atoms with van der Waals surface area (Å²) in [5, 5.41) is 23.8. The maximum Gasteiger partial charge on any atom is 0.243 e. The summed E-state index contributed by atoms with van der Waals surface area (Å²) in [7, 11) is 0. The summed E-state index contributed by atoms with van der Waals surface area (Å²) in [6, 6.07) is 8.38. The molecule has 0 fully saturated rings. The van der Waals surface area contributed by atoms with Gasteiger partial charge in [-0.1, -0.05) is 31.7 Å². The van der Waals surface area contributed by atoms with Gasteiger partial charge in [0.15, 0.2) is 0 Å². The highest BCUT2D eigenvalue weighted by Gasteiger charge is 2.44. The van der Waals surface area contributed by atoms with Crippen LogP contribution in [0.3, 0.4) is 0 Å². The Balaban J connectivity index is 2.13. The number of hydrogen-bond acceptors (Lipinski definition) is 5. The van der Waals surface area contributed by atoms with Crippen LogP contribution in [0, 0.1) is 46.7 Å². The smallest absolute Gasteiger partial charge is 0.243 e. The molecule has 0 spiro atoms. The van der Waals surface area contributed by atoms with Crippen molar-refractivity contribution in [1.29, 1.82) is 10.5 Å². The number of hydrogen-bond donors (Lipinski definition) is 2. The Hall–Kier alpha value is -2.84. The average molecular weight is 372 g/mol. The molecule has 26 heavy (non-hydrogen) atoms. The summed E-state index contributed by atoms with van der Waals surface area (Å²) in [6.45, 7) is 5.02. The molecule has 0 bridgehead atoms. The van der Waals surface area contributed by atoms with Crippen LogP contribution in [0.1, 0.15) is 19.4 Å². The molecule has 1 heterocycles. The third-order valence-corrected chi connectivity index (χ3v) is 5.08. The highest BCUT2D eigenvalue weighted by atomic mass is 32.2. The molecular formula is C18H17FN4O2S. The van der Waals surface area contributed by atoms with E-state index in [-0.39, 0.29) is 22.0 Å². The molecule has 8 heteroatoms. The van der Waals surface area contributed by atoms with Gasteiger partial charge in [-0.25, -0.2) is 4.39 Å². The number of thioether (sulfide) groups is 1. The number of rotatable bonds is 4. The average Bonchev–Trinajstić information content (AvgIpc) is 2.55. The minimum Gasteiger partial charge on any atom is -0.323 e. The van der Waals surface area contributed by atoms with Crippen molar-refractivity contribution in [1.82, 2.24) is 5.32 Å². The minimum absolute atomic E-state index is 0.0632. The van der Waals surface area contributed by atoms with Gasteiger partial charge in [0.25, 0.3) is 0 Å². The third-order valence-electron chi connectivity index (χ3n) is 4.08. The fraction of sp³-hybridized carbons (Fsp3) is 0.333. The van der Waals surface area contributed by atoms with E-state index in [9.17, 15) is 24.5 Å². The fourth-order valence-corrected chi connectivity index (χ4v) is 3.55. The van der Waals surface area contributed by atoms with E-state index in [1.165, 1.54) is 12.1 Å². The van der Waals surface area contributed by atoms with Gasteiger partial charge in [-0.2, -0.15) is 10.5 Å². The van der Waals surface area contributed by atoms with Crippen LogP contribution in [0.15, 0.2) is 28.8 Å². The van der Waals surface area contributed by atoms with Crippen LogP contribution in [-0.4, -0.2) is 17.6 Å². The van der Waals surface area contributed by atoms with Crippen molar-refractivity contribution < 1.29 is 14.0 Å². The molecule has 0 aromatic heterocycles. The number of halogens is 1. The van der Waals surface area contributed by atoms with Crippen molar-refractivity contribution >= 4 is 29.3 Å². The zero-order valence-corrected chi connectivity index (χ0v) is 15.3. The van der Waals surface area contributed by atoms with E-state index < -0.39 is 29.0 Å². The number of allylic oxidation sites excluding steroid dienone is 1. The van der Waals surface area contributed by atoms with Crippen molar-refractivity contribution in [3.05, 3.63) is 40.2 Å². The molecule has 134 valence electrons. The van der Waals surface area contributed by atoms with E-state index in [0.29, 0.717) is 0 Å². The second kappa shape index (κ2) is 7.59. The van der Waals surface area contributed by atoms with Crippen molar-refractivity contribution in [3.8, 4) is 12.1 Å². The molecule has 0 saturated heterocycles. The number of aryl methyl sites for hydroxylation is 1. The van der Waals surface area contributed by atoms with E-state index in [2.05, 4.69) is 10.6 Å². The second-order valence-corrected chi connectivity index (χ2v) is 7.39. The molecule has 0 aliphatic carbocycles. The summed E-state index contributed by atoms with van der Waals surface area (Å²) in [5.41, 5.74) is 0.0716. The quantitative estimate of drug-likeness (QED) is 0.845. The minimum atomic E-state index is -0.989. The zero-order valence-electron chi connectivity index (χ0n) is 14.5. The summed E-state index contributed by atoms with van der Waals surface area (Å²) in [5.74, 6) is -2.64. The molecule has 0 unspecified atom stereocenters. The first kappa shape index (κ1) is 19.5. The van der Waals surface area contributed by atoms with Gasteiger partial charge in [0.05, 0.1) is 34.2 Å². The molecule has 2 amide bonds. The fourth-order valence-electron chi connectivity index (χ4n) is 2.58. The molecular weight excluding hydrogens is 355 g/mol. The van der Waals surface area contributed by atoms with Crippen LogP contribution in [0.4, 0.5) is 10.1 Å². The SMILES string of the molecule is Cc1ccc(NC(=O)CSC2=C(C#N)C(C)(C)[C@H](C#N)C(=O)N2)c(F)c1. The maximum absolute atomic E-state index is 13.8. The molecule has 1 aliphatic rings. The van der Waals surface area contributed by atoms with E-state index in [0.717, 1.165) is 17.3 Å². The van der Waals surface area contributed by atoms with Gasteiger partial charge in [-0.15, -0.1) is 0 Å². The van der Waals surface area contributed by atoms with E-state index in [1.54, 1.807) is 26.8 Å². The largest absolute Gasteiger partial charge is 0.323 e. The summed E-state index contributed by atoms with van der Waals surface area (Å²) < 4.78 is 13.8. The molecule has 1 aromatic rings. The normalized spacial score (nSPS) is 18.5. The second-order valence-electron chi connectivity index (χ2n) is 6.41. The standard InChI is InChI=1S/C18H17FN4O2S/c1-10-4-5-14(13(19)6-10)22-15(24)9-26-17-12(8-21)18(2,3)11(7-20)16(25)23-17/h4-6,11H,9H2,1-3H3,(H,22,24)(H,23,25)/t11-/m1/s1. The van der Waals surface area contributed by atoms with E-state index in [1.807, 2.05) is 12.1 Å². The number of amides is 2. The van der Waals surface area contributed by atoms with Crippen LogP contribution in [-0.2, 0) is 9.59 Å². The Morgan fingerprint density at radius 3 is 2.69 bits per heavy atom. The number of carbonyl (C=O) groups is 2. The Labute approximate surface area is 155 Å². The molecule has 2 rings (SSSR count). The number of benzene rings is 1. The van der Waals surface area contributed by atoms with Gasteiger partial charge in [0, 0.05) is 5.41 Å². The van der Waals surface area contributed by atoms with Crippen LogP contribution in [0.25, 0.3) is 0 Å². The topological polar surface area (TPSA) is 106 Å². The highest BCUT2D eigenvalue weighted by molar-refractivity contribution is 8.03. The van der Waals surface area contributed by atoms with Crippen LogP contribution in [0.2, 0.25) is 0 Å². The van der Waals surface area contributed by atoms with Gasteiger partial charge in [-0.05, 0) is 24.6 Å². The van der Waals surface area contributed by atoms with E-state index >= 15 is 0 Å². The Bertz CT molecular complexity index is 880. The van der Waals surface area contributed by atoms with Gasteiger partial charge < -0.3 is 10.6 Å². The van der Waals surface area contributed by atoms with Crippen LogP contribution < -0.4 is 10.6 Å². The van der Waals surface area contributed by atoms with Crippen molar-refractivity contribution in [2.45, 2.75) is 20.8 Å². The molecule has 1 aromatic carbocycles. The molecule has 0 radical (unpaired) electrons. The number of nitrogens with one attached hydrogen (secondary N) is 2. The number of nitriles is 2. The summed E-state index contributed by atoms with van der Waals surface area (Å²) in [4.78, 5) is 24.2. The molecule has 2 N–H and O–H groups in total. The lowest BCUT2D eigenvalue weighted by Crippen LogP contribution is -2.44. The number of nitrogens with zero attached hydrogens (tertiary/aromatic N) is 2. The lowest BCUT2D eigenvalue weighted by Gasteiger charge is -2.34. The predicted molar refractivity (Wildman–Crippen MR) is 95.9 cm³/mol. The monoisotopic (exact) mass is 372 g/mol. The van der Waals surface area contributed by atoms with Crippen LogP contribution >= 0.6 is 11.8 Å². The number of anilines is 1.